The first-order chi connectivity index (χ1) is 26.3. The second-order valence-corrected chi connectivity index (χ2v) is 17.6. The zero-order valence-electron chi connectivity index (χ0n) is 37.4. The number of hydrogen-bond donors (Lipinski definition) is 0. The van der Waals surface area contributed by atoms with Crippen LogP contribution in [-0.2, 0) is 19.5 Å². The number of aryl methyl sites for hydroxylation is 2. The fraction of sp³-hybridized carbons (Fsp3) is 0.941. The van der Waals surface area contributed by atoms with Gasteiger partial charge in [-0.2, -0.15) is 0 Å². The normalized spacial score (nSPS) is 11.7. The van der Waals surface area contributed by atoms with Crippen LogP contribution in [0, 0.1) is 0 Å². The van der Waals surface area contributed by atoms with Crippen molar-refractivity contribution in [3.63, 3.8) is 0 Å². The number of nitrogens with zero attached hydrogens (tertiary/aromatic N) is 2. The lowest BCUT2D eigenvalue weighted by Gasteiger charge is -2.07. The molecule has 2 nitrogen and oxygen atoms in total. The molecule has 0 N–H and O–H groups in total. The Morgan fingerprint density at radius 3 is 0.906 bits per heavy atom. The standard InChI is InChI=1S/C51H101N2/c1-4-7-10-13-16-19-22-25-28-31-34-37-40-43-46-51-52(47-44-41-38-35-32-29-26-23-20-17-14-11-8-5-2)49-50-53(51)48-45-42-39-36-33-30-27-24-21-18-15-12-9-6-3/h49-50H,4-48H2,1-3H3/q+1. The monoisotopic (exact) mass is 742 g/mol. The average Bonchev–Trinajstić information content (AvgIpc) is 3.55. The van der Waals surface area contributed by atoms with E-state index in [4.69, 9.17) is 0 Å². The van der Waals surface area contributed by atoms with Gasteiger partial charge < -0.3 is 0 Å². The third-order valence-corrected chi connectivity index (χ3v) is 12.3. The molecule has 0 saturated heterocycles. The second kappa shape index (κ2) is 42.4. The molecule has 2 heteroatoms. The Morgan fingerprint density at radius 2 is 0.585 bits per heavy atom. The van der Waals surface area contributed by atoms with Gasteiger partial charge in [0.2, 0.25) is 0 Å². The number of imidazole rings is 1. The number of rotatable bonds is 45. The zero-order valence-corrected chi connectivity index (χ0v) is 37.4. The first-order valence-electron chi connectivity index (χ1n) is 25.4. The van der Waals surface area contributed by atoms with Gasteiger partial charge in [-0.25, -0.2) is 9.13 Å². The number of hydrogen-bond acceptors (Lipinski definition) is 0. The summed E-state index contributed by atoms with van der Waals surface area (Å²) in [7, 11) is 0. The van der Waals surface area contributed by atoms with E-state index in [0.717, 1.165) is 0 Å². The van der Waals surface area contributed by atoms with Gasteiger partial charge in [0.1, 0.15) is 12.4 Å². The fourth-order valence-electron chi connectivity index (χ4n) is 8.62. The Labute approximate surface area is 336 Å². The van der Waals surface area contributed by atoms with Crippen LogP contribution < -0.4 is 4.57 Å². The van der Waals surface area contributed by atoms with Crippen molar-refractivity contribution in [2.45, 2.75) is 310 Å². The Hall–Kier alpha value is -0.790. The molecular formula is C51H101N2+. The van der Waals surface area contributed by atoms with Crippen molar-refractivity contribution in [2.75, 3.05) is 0 Å². The van der Waals surface area contributed by atoms with Crippen LogP contribution in [0.15, 0.2) is 12.4 Å². The molecule has 314 valence electrons. The van der Waals surface area contributed by atoms with E-state index in [1.807, 2.05) is 0 Å². The molecule has 0 bridgehead atoms. The van der Waals surface area contributed by atoms with E-state index in [0.29, 0.717) is 0 Å². The summed E-state index contributed by atoms with van der Waals surface area (Å²) in [6.07, 6.45) is 66.8. The van der Waals surface area contributed by atoms with Crippen LogP contribution in [0.4, 0.5) is 0 Å². The third kappa shape index (κ3) is 34.2. The minimum Gasteiger partial charge on any atom is -0.234 e. The lowest BCUT2D eigenvalue weighted by atomic mass is 10.0. The molecule has 1 rings (SSSR count). The van der Waals surface area contributed by atoms with Gasteiger partial charge in [-0.3, -0.25) is 0 Å². The second-order valence-electron chi connectivity index (χ2n) is 17.6. The fourth-order valence-corrected chi connectivity index (χ4v) is 8.62. The van der Waals surface area contributed by atoms with Gasteiger partial charge in [-0.05, 0) is 32.1 Å². The SMILES string of the molecule is CCCCCCCCCCCCCCCCc1n(CCCCCCCCCCCCCCCC)cc[n+]1CCCCCCCCCCCCCCCC. The molecule has 0 amide bonds. The molecule has 1 aromatic rings. The summed E-state index contributed by atoms with van der Waals surface area (Å²) in [5, 5.41) is 0. The van der Waals surface area contributed by atoms with Crippen LogP contribution in [0.2, 0.25) is 0 Å². The first kappa shape index (κ1) is 50.2. The molecule has 0 atom stereocenters. The van der Waals surface area contributed by atoms with E-state index in [1.165, 1.54) is 289 Å². The van der Waals surface area contributed by atoms with E-state index in [9.17, 15) is 0 Å². The smallest absolute Gasteiger partial charge is 0.234 e. The maximum Gasteiger partial charge on any atom is 0.256 e. The maximum absolute atomic E-state index is 2.66. The summed E-state index contributed by atoms with van der Waals surface area (Å²) >= 11 is 0. The molecule has 0 fully saturated rings. The molecule has 0 spiro atoms. The van der Waals surface area contributed by atoms with Gasteiger partial charge in [0.25, 0.3) is 5.82 Å². The topological polar surface area (TPSA) is 8.81 Å². The molecule has 0 radical (unpaired) electrons. The van der Waals surface area contributed by atoms with Crippen LogP contribution in [-0.4, -0.2) is 4.57 Å². The lowest BCUT2D eigenvalue weighted by Crippen LogP contribution is -2.37. The van der Waals surface area contributed by atoms with Crippen molar-refractivity contribution in [3.05, 3.63) is 18.2 Å². The molecule has 0 saturated carbocycles. The van der Waals surface area contributed by atoms with Crippen molar-refractivity contribution in [1.82, 2.24) is 4.57 Å². The van der Waals surface area contributed by atoms with Crippen LogP contribution >= 0.6 is 0 Å². The molecule has 53 heavy (non-hydrogen) atoms. The van der Waals surface area contributed by atoms with Gasteiger partial charge in [-0.1, -0.05) is 258 Å². The minimum absolute atomic E-state index is 1.23. The highest BCUT2D eigenvalue weighted by Crippen LogP contribution is 2.17. The first-order valence-corrected chi connectivity index (χ1v) is 25.4. The summed E-state index contributed by atoms with van der Waals surface area (Å²) in [5.41, 5.74) is 0. The summed E-state index contributed by atoms with van der Waals surface area (Å²) < 4.78 is 5.32. The summed E-state index contributed by atoms with van der Waals surface area (Å²) in [6, 6.07) is 0. The summed E-state index contributed by atoms with van der Waals surface area (Å²) in [6.45, 7) is 9.42. The molecule has 1 aromatic heterocycles. The van der Waals surface area contributed by atoms with E-state index >= 15 is 0 Å². The molecule has 0 aliphatic carbocycles. The number of aromatic nitrogens is 2. The molecule has 0 unspecified atom stereocenters. The Bertz CT molecular complexity index is 762. The third-order valence-electron chi connectivity index (χ3n) is 12.3. The van der Waals surface area contributed by atoms with Crippen molar-refractivity contribution >= 4 is 0 Å². The van der Waals surface area contributed by atoms with Crippen molar-refractivity contribution in [3.8, 4) is 0 Å². The predicted molar refractivity (Wildman–Crippen MR) is 239 cm³/mol. The van der Waals surface area contributed by atoms with E-state index in [-0.39, 0.29) is 0 Å². The van der Waals surface area contributed by atoms with Crippen molar-refractivity contribution < 1.29 is 4.57 Å². The Morgan fingerprint density at radius 1 is 0.321 bits per heavy atom. The average molecular weight is 742 g/mol. The van der Waals surface area contributed by atoms with Gasteiger partial charge >= 0.3 is 0 Å². The largest absolute Gasteiger partial charge is 0.256 e. The van der Waals surface area contributed by atoms with Crippen LogP contribution in [0.5, 0.6) is 0 Å². The van der Waals surface area contributed by atoms with Crippen molar-refractivity contribution in [2.24, 2.45) is 0 Å². The summed E-state index contributed by atoms with van der Waals surface area (Å²) in [5.74, 6) is 1.63. The summed E-state index contributed by atoms with van der Waals surface area (Å²) in [4.78, 5) is 0. The van der Waals surface area contributed by atoms with Gasteiger partial charge in [0, 0.05) is 6.42 Å². The van der Waals surface area contributed by atoms with Gasteiger partial charge in [-0.15, -0.1) is 0 Å². The molecule has 0 aromatic carbocycles. The highest BCUT2D eigenvalue weighted by Gasteiger charge is 2.16. The molecular weight excluding hydrogens is 641 g/mol. The van der Waals surface area contributed by atoms with E-state index in [2.05, 4.69) is 42.3 Å². The molecule has 0 aliphatic heterocycles. The van der Waals surface area contributed by atoms with Crippen LogP contribution in [0.25, 0.3) is 0 Å². The van der Waals surface area contributed by atoms with Gasteiger partial charge in [0.05, 0.1) is 13.1 Å². The Balaban J connectivity index is 2.26. The quantitative estimate of drug-likeness (QED) is 0.0465. The maximum atomic E-state index is 2.66. The van der Waals surface area contributed by atoms with Crippen LogP contribution in [0.1, 0.15) is 296 Å². The van der Waals surface area contributed by atoms with Crippen molar-refractivity contribution in [1.29, 1.82) is 0 Å². The molecule has 1 heterocycles. The van der Waals surface area contributed by atoms with Gasteiger partial charge in [0.15, 0.2) is 0 Å². The minimum atomic E-state index is 1.23. The van der Waals surface area contributed by atoms with E-state index in [1.54, 1.807) is 5.82 Å². The highest BCUT2D eigenvalue weighted by molar-refractivity contribution is 4.84. The zero-order chi connectivity index (χ0) is 38.0. The Kier molecular flexibility index (Phi) is 40.1. The van der Waals surface area contributed by atoms with E-state index < -0.39 is 0 Å². The molecule has 0 aliphatic rings. The lowest BCUT2D eigenvalue weighted by molar-refractivity contribution is -0.704. The highest BCUT2D eigenvalue weighted by atomic mass is 15.1. The number of unbranched alkanes of at least 4 members (excludes halogenated alkanes) is 39. The predicted octanol–water partition coefficient (Wildman–Crippen LogP) is 17.8. The van der Waals surface area contributed by atoms with Crippen LogP contribution in [0.3, 0.4) is 0 Å².